The normalized spacial score (nSPS) is 12.1. The van der Waals surface area contributed by atoms with Gasteiger partial charge in [-0.25, -0.2) is 4.79 Å². The zero-order valence-corrected chi connectivity index (χ0v) is 17.1. The van der Waals surface area contributed by atoms with Crippen LogP contribution in [0.25, 0.3) is 0 Å². The first kappa shape index (κ1) is 22.1. The molecule has 160 valence electrons. The Morgan fingerprint density at radius 3 is 1.97 bits per heavy atom. The summed E-state index contributed by atoms with van der Waals surface area (Å²) in [6.07, 6.45) is -1.45. The van der Waals surface area contributed by atoms with Crippen molar-refractivity contribution < 1.29 is 27.1 Å². The highest BCUT2D eigenvalue weighted by Crippen LogP contribution is 2.21. The third-order valence-electron chi connectivity index (χ3n) is 4.33. The number of hydrogen-bond acceptors (Lipinski definition) is 7. The van der Waals surface area contributed by atoms with Crippen molar-refractivity contribution >= 4 is 21.8 Å². The van der Waals surface area contributed by atoms with E-state index in [9.17, 15) is 23.3 Å². The van der Waals surface area contributed by atoms with E-state index in [0.29, 0.717) is 5.56 Å². The van der Waals surface area contributed by atoms with Crippen LogP contribution in [0.1, 0.15) is 11.1 Å². The molecule has 0 fully saturated rings. The Kier molecular flexibility index (Phi) is 7.11. The van der Waals surface area contributed by atoms with Crippen LogP contribution in [0, 0.1) is 10.1 Å². The van der Waals surface area contributed by atoms with E-state index in [0.717, 1.165) is 29.8 Å². The van der Waals surface area contributed by atoms with Crippen LogP contribution in [0.5, 0.6) is 0 Å². The maximum atomic E-state index is 12.7. The van der Waals surface area contributed by atoms with Gasteiger partial charge in [0.25, 0.3) is 15.8 Å². The molecule has 1 atom stereocenters. The predicted octanol–water partition coefficient (Wildman–Crippen LogP) is 3.65. The van der Waals surface area contributed by atoms with Gasteiger partial charge in [0.05, 0.1) is 9.82 Å². The van der Waals surface area contributed by atoms with E-state index in [1.165, 1.54) is 0 Å². The minimum absolute atomic E-state index is 0.0271. The van der Waals surface area contributed by atoms with Crippen molar-refractivity contribution in [2.75, 3.05) is 0 Å². The molecule has 0 spiro atoms. The summed E-state index contributed by atoms with van der Waals surface area (Å²) in [4.78, 5) is 22.5. The van der Waals surface area contributed by atoms with E-state index < -0.39 is 27.1 Å². The van der Waals surface area contributed by atoms with Crippen LogP contribution in [0.4, 0.5) is 5.69 Å². The topological polar surface area (TPSA) is 113 Å². The van der Waals surface area contributed by atoms with Gasteiger partial charge in [0.1, 0.15) is 6.61 Å². The summed E-state index contributed by atoms with van der Waals surface area (Å²) in [5.41, 5.74) is 1.16. The molecule has 0 bridgehead atoms. The number of ether oxygens (including phenoxy) is 1. The van der Waals surface area contributed by atoms with Gasteiger partial charge in [-0.2, -0.15) is 8.42 Å². The predicted molar refractivity (Wildman–Crippen MR) is 112 cm³/mol. The Morgan fingerprint density at radius 2 is 1.42 bits per heavy atom. The van der Waals surface area contributed by atoms with E-state index in [2.05, 4.69) is 0 Å². The van der Waals surface area contributed by atoms with E-state index in [1.54, 1.807) is 54.6 Å². The second kappa shape index (κ2) is 9.96. The molecule has 9 heteroatoms. The van der Waals surface area contributed by atoms with Crippen LogP contribution in [-0.4, -0.2) is 25.4 Å². The fraction of sp³-hybridized carbons (Fsp3) is 0.136. The van der Waals surface area contributed by atoms with Gasteiger partial charge < -0.3 is 4.74 Å². The van der Waals surface area contributed by atoms with Crippen molar-refractivity contribution in [2.45, 2.75) is 24.0 Å². The molecular formula is C22H19NO7S. The molecule has 0 saturated heterocycles. The standard InChI is InChI=1S/C22H19NO7S/c24-22(29-16-18-9-5-2-6-10-18)21(15-17-7-3-1-4-8-17)30-31(27,28)20-13-11-19(12-14-20)23(25)26/h1-14,21H,15-16H2. The average Bonchev–Trinajstić information content (AvgIpc) is 2.78. The lowest BCUT2D eigenvalue weighted by atomic mass is 10.1. The molecule has 0 heterocycles. The van der Waals surface area contributed by atoms with Crippen molar-refractivity contribution in [3.8, 4) is 0 Å². The SMILES string of the molecule is O=C(OCc1ccccc1)C(Cc1ccccc1)OS(=O)(=O)c1ccc([N+](=O)[O-])cc1. The van der Waals surface area contributed by atoms with Crippen molar-refractivity contribution in [3.05, 3.63) is 106 Å². The number of benzene rings is 3. The summed E-state index contributed by atoms with van der Waals surface area (Å²) in [6.45, 7) is -0.0358. The highest BCUT2D eigenvalue weighted by molar-refractivity contribution is 7.86. The quantitative estimate of drug-likeness (QED) is 0.215. The smallest absolute Gasteiger partial charge is 0.337 e. The van der Waals surface area contributed by atoms with Crippen LogP contribution in [-0.2, 0) is 36.9 Å². The molecule has 0 radical (unpaired) electrons. The van der Waals surface area contributed by atoms with Crippen molar-refractivity contribution in [1.82, 2.24) is 0 Å². The molecule has 0 aliphatic rings. The molecule has 0 N–H and O–H groups in total. The summed E-state index contributed by atoms with van der Waals surface area (Å²) in [7, 11) is -4.37. The molecule has 3 aromatic carbocycles. The lowest BCUT2D eigenvalue weighted by Gasteiger charge is -2.17. The Bertz CT molecular complexity index is 1130. The first-order valence-electron chi connectivity index (χ1n) is 9.27. The number of non-ortho nitro benzene ring substituents is 1. The molecular weight excluding hydrogens is 422 g/mol. The van der Waals surface area contributed by atoms with Gasteiger partial charge in [0, 0.05) is 18.6 Å². The maximum Gasteiger partial charge on any atom is 0.337 e. The molecule has 1 unspecified atom stereocenters. The molecule has 3 rings (SSSR count). The lowest BCUT2D eigenvalue weighted by Crippen LogP contribution is -2.31. The fourth-order valence-electron chi connectivity index (χ4n) is 2.75. The Morgan fingerprint density at radius 1 is 0.871 bits per heavy atom. The highest BCUT2D eigenvalue weighted by Gasteiger charge is 2.29. The number of nitro groups is 1. The van der Waals surface area contributed by atoms with E-state index in [1.807, 2.05) is 6.07 Å². The largest absolute Gasteiger partial charge is 0.459 e. The summed E-state index contributed by atoms with van der Waals surface area (Å²) in [6, 6.07) is 21.9. The van der Waals surface area contributed by atoms with E-state index in [4.69, 9.17) is 8.92 Å². The number of hydrogen-bond donors (Lipinski definition) is 0. The Hall–Kier alpha value is -3.56. The maximum absolute atomic E-state index is 12.7. The molecule has 0 aliphatic carbocycles. The van der Waals surface area contributed by atoms with Gasteiger partial charge in [-0.1, -0.05) is 60.7 Å². The van der Waals surface area contributed by atoms with Crippen molar-refractivity contribution in [1.29, 1.82) is 0 Å². The lowest BCUT2D eigenvalue weighted by molar-refractivity contribution is -0.384. The minimum atomic E-state index is -4.37. The number of rotatable bonds is 9. The summed E-state index contributed by atoms with van der Waals surface area (Å²) >= 11 is 0. The van der Waals surface area contributed by atoms with Crippen LogP contribution < -0.4 is 0 Å². The Labute approximate surface area is 179 Å². The molecule has 31 heavy (non-hydrogen) atoms. The van der Waals surface area contributed by atoms with Crippen LogP contribution in [0.15, 0.2) is 89.8 Å². The van der Waals surface area contributed by atoms with E-state index >= 15 is 0 Å². The van der Waals surface area contributed by atoms with E-state index in [-0.39, 0.29) is 23.6 Å². The number of nitrogens with zero attached hydrogens (tertiary/aromatic N) is 1. The second-order valence-electron chi connectivity index (χ2n) is 6.57. The number of esters is 1. The summed E-state index contributed by atoms with van der Waals surface area (Å²) in [5, 5.41) is 10.8. The first-order chi connectivity index (χ1) is 14.8. The fourth-order valence-corrected chi connectivity index (χ4v) is 3.78. The van der Waals surface area contributed by atoms with Gasteiger partial charge in [0.15, 0.2) is 6.10 Å². The van der Waals surface area contributed by atoms with Crippen molar-refractivity contribution in [3.63, 3.8) is 0 Å². The summed E-state index contributed by atoms with van der Waals surface area (Å²) < 4.78 is 35.9. The van der Waals surface area contributed by atoms with Gasteiger partial charge in [-0.15, -0.1) is 0 Å². The molecule has 8 nitrogen and oxygen atoms in total. The number of nitro benzene ring substituents is 1. The molecule has 0 aromatic heterocycles. The Balaban J connectivity index is 1.79. The zero-order valence-electron chi connectivity index (χ0n) is 16.3. The van der Waals surface area contributed by atoms with Gasteiger partial charge in [-0.3, -0.25) is 14.3 Å². The second-order valence-corrected chi connectivity index (χ2v) is 8.15. The van der Waals surface area contributed by atoms with Crippen LogP contribution in [0.2, 0.25) is 0 Å². The van der Waals surface area contributed by atoms with Gasteiger partial charge in [-0.05, 0) is 23.3 Å². The zero-order chi connectivity index (χ0) is 22.3. The molecule has 0 saturated carbocycles. The summed E-state index contributed by atoms with van der Waals surface area (Å²) in [5.74, 6) is -0.835. The minimum Gasteiger partial charge on any atom is -0.459 e. The molecule has 0 amide bonds. The molecule has 0 aliphatic heterocycles. The number of carbonyl (C=O) groups is 1. The van der Waals surface area contributed by atoms with Crippen LogP contribution in [0.3, 0.4) is 0 Å². The highest BCUT2D eigenvalue weighted by atomic mass is 32.2. The monoisotopic (exact) mass is 441 g/mol. The number of carbonyl (C=O) groups excluding carboxylic acids is 1. The van der Waals surface area contributed by atoms with Gasteiger partial charge in [0.2, 0.25) is 0 Å². The molecule has 3 aromatic rings. The third kappa shape index (κ3) is 6.21. The first-order valence-corrected chi connectivity index (χ1v) is 10.7. The van der Waals surface area contributed by atoms with Crippen LogP contribution >= 0.6 is 0 Å². The third-order valence-corrected chi connectivity index (χ3v) is 5.66. The average molecular weight is 441 g/mol. The van der Waals surface area contributed by atoms with Crippen molar-refractivity contribution in [2.24, 2.45) is 0 Å². The van der Waals surface area contributed by atoms with Gasteiger partial charge >= 0.3 is 5.97 Å².